The van der Waals surface area contributed by atoms with E-state index in [1.54, 1.807) is 11.9 Å². The van der Waals surface area contributed by atoms with Crippen molar-refractivity contribution in [3.8, 4) is 6.07 Å². The summed E-state index contributed by atoms with van der Waals surface area (Å²) in [6.07, 6.45) is -3.58. The zero-order valence-electron chi connectivity index (χ0n) is 11.1. The number of hydrogen-bond donors (Lipinski definition) is 0. The van der Waals surface area contributed by atoms with Gasteiger partial charge in [0.25, 0.3) is 0 Å². The highest BCUT2D eigenvalue weighted by Gasteiger charge is 2.35. The number of ether oxygens (including phenoxy) is 1. The van der Waals surface area contributed by atoms with Gasteiger partial charge in [-0.2, -0.15) is 18.4 Å². The molecule has 3 nitrogen and oxygen atoms in total. The number of benzene rings is 1. The molecule has 0 aromatic heterocycles. The second kappa shape index (κ2) is 5.71. The number of hydrogen-bond acceptors (Lipinski definition) is 3. The van der Waals surface area contributed by atoms with E-state index in [0.29, 0.717) is 19.8 Å². The number of nitrogens with zero attached hydrogens (tertiary/aromatic N) is 2. The van der Waals surface area contributed by atoms with E-state index in [9.17, 15) is 13.2 Å². The molecule has 0 N–H and O–H groups in total. The maximum absolute atomic E-state index is 13.0. The van der Waals surface area contributed by atoms with E-state index in [2.05, 4.69) is 0 Å². The molecule has 1 fully saturated rings. The van der Waals surface area contributed by atoms with Gasteiger partial charge < -0.3 is 9.64 Å². The third-order valence-electron chi connectivity index (χ3n) is 3.40. The van der Waals surface area contributed by atoms with E-state index in [-0.39, 0.29) is 17.2 Å². The fourth-order valence-electron chi connectivity index (χ4n) is 2.37. The molecule has 2 rings (SSSR count). The number of rotatable bonds is 3. The molecule has 1 heterocycles. The molecule has 1 aliphatic heterocycles. The highest BCUT2D eigenvalue weighted by molar-refractivity contribution is 5.58. The van der Waals surface area contributed by atoms with Crippen LogP contribution in [0.15, 0.2) is 18.2 Å². The van der Waals surface area contributed by atoms with E-state index in [1.165, 1.54) is 12.1 Å². The molecule has 0 radical (unpaired) electrons. The Morgan fingerprint density at radius 2 is 2.20 bits per heavy atom. The van der Waals surface area contributed by atoms with Crippen molar-refractivity contribution in [3.63, 3.8) is 0 Å². The van der Waals surface area contributed by atoms with Crippen molar-refractivity contribution in [3.05, 3.63) is 29.3 Å². The zero-order valence-corrected chi connectivity index (χ0v) is 11.1. The topological polar surface area (TPSA) is 36.3 Å². The summed E-state index contributed by atoms with van der Waals surface area (Å²) in [5.74, 6) is 0.229. The van der Waals surface area contributed by atoms with Crippen LogP contribution in [0.25, 0.3) is 0 Å². The van der Waals surface area contributed by atoms with Gasteiger partial charge in [-0.3, -0.25) is 0 Å². The van der Waals surface area contributed by atoms with Crippen LogP contribution in [0.1, 0.15) is 17.5 Å². The molecule has 0 saturated carbocycles. The molecule has 1 atom stereocenters. The summed E-state index contributed by atoms with van der Waals surface area (Å²) in [6, 6.07) is 5.33. The van der Waals surface area contributed by atoms with Crippen LogP contribution in [0.2, 0.25) is 0 Å². The first-order chi connectivity index (χ1) is 9.41. The van der Waals surface area contributed by atoms with Crippen LogP contribution in [0.5, 0.6) is 0 Å². The molecule has 1 aliphatic rings. The standard InChI is InChI=1S/C14H15F3N2O/c1-19(8-11-4-5-20-9-11)13-6-10(7-18)2-3-12(13)14(15,16)17/h2-3,6,11H,4-5,8-9H2,1H3. The molecule has 6 heteroatoms. The summed E-state index contributed by atoms with van der Waals surface area (Å²) in [6.45, 7) is 1.71. The zero-order chi connectivity index (χ0) is 14.8. The summed E-state index contributed by atoms with van der Waals surface area (Å²) in [7, 11) is 1.62. The Hall–Kier alpha value is -1.74. The lowest BCUT2D eigenvalue weighted by molar-refractivity contribution is -0.137. The van der Waals surface area contributed by atoms with E-state index in [4.69, 9.17) is 10.00 Å². The maximum Gasteiger partial charge on any atom is 0.418 e. The lowest BCUT2D eigenvalue weighted by Gasteiger charge is -2.26. The Labute approximate surface area is 115 Å². The SMILES string of the molecule is CN(CC1CCOC1)c1cc(C#N)ccc1C(F)(F)F. The van der Waals surface area contributed by atoms with Crippen molar-refractivity contribution in [1.82, 2.24) is 0 Å². The first kappa shape index (κ1) is 14.7. The van der Waals surface area contributed by atoms with Gasteiger partial charge in [0, 0.05) is 26.1 Å². The van der Waals surface area contributed by atoms with Crippen LogP contribution >= 0.6 is 0 Å². The van der Waals surface area contributed by atoms with Crippen LogP contribution in [-0.4, -0.2) is 26.8 Å². The van der Waals surface area contributed by atoms with Gasteiger partial charge in [-0.15, -0.1) is 0 Å². The number of nitriles is 1. The van der Waals surface area contributed by atoms with Crippen molar-refractivity contribution in [1.29, 1.82) is 5.26 Å². The first-order valence-corrected chi connectivity index (χ1v) is 6.32. The molecule has 20 heavy (non-hydrogen) atoms. The molecule has 108 valence electrons. The Bertz CT molecular complexity index is 516. The van der Waals surface area contributed by atoms with E-state index < -0.39 is 11.7 Å². The Kier molecular flexibility index (Phi) is 4.19. The van der Waals surface area contributed by atoms with Gasteiger partial charge in [0.2, 0.25) is 0 Å². The summed E-state index contributed by atoms with van der Waals surface area (Å²) in [5.41, 5.74) is -0.441. The van der Waals surface area contributed by atoms with E-state index in [1.807, 2.05) is 6.07 Å². The van der Waals surface area contributed by atoms with E-state index >= 15 is 0 Å². The van der Waals surface area contributed by atoms with Gasteiger partial charge in [0.1, 0.15) is 0 Å². The fraction of sp³-hybridized carbons (Fsp3) is 0.500. The van der Waals surface area contributed by atoms with Crippen molar-refractivity contribution in [2.24, 2.45) is 5.92 Å². The smallest absolute Gasteiger partial charge is 0.381 e. The predicted octanol–water partition coefficient (Wildman–Crippen LogP) is 3.05. The minimum absolute atomic E-state index is 0.0449. The third kappa shape index (κ3) is 3.23. The van der Waals surface area contributed by atoms with Gasteiger partial charge >= 0.3 is 6.18 Å². The van der Waals surface area contributed by atoms with Crippen molar-refractivity contribution < 1.29 is 17.9 Å². The van der Waals surface area contributed by atoms with Gasteiger partial charge in [-0.25, -0.2) is 0 Å². The molecule has 1 aromatic rings. The molecule has 1 saturated heterocycles. The van der Waals surface area contributed by atoms with E-state index in [0.717, 1.165) is 12.5 Å². The number of anilines is 1. The Morgan fingerprint density at radius 3 is 2.75 bits per heavy atom. The Morgan fingerprint density at radius 1 is 1.45 bits per heavy atom. The summed E-state index contributed by atoms with van der Waals surface area (Å²) < 4.78 is 44.3. The lowest BCUT2D eigenvalue weighted by Crippen LogP contribution is -2.28. The van der Waals surface area contributed by atoms with Crippen LogP contribution in [-0.2, 0) is 10.9 Å². The van der Waals surface area contributed by atoms with Crippen molar-refractivity contribution >= 4 is 5.69 Å². The average Bonchev–Trinajstić information content (AvgIpc) is 2.89. The predicted molar refractivity (Wildman–Crippen MR) is 68.4 cm³/mol. The molecule has 0 amide bonds. The van der Waals surface area contributed by atoms with Gasteiger partial charge in [-0.05, 0) is 24.6 Å². The molecular weight excluding hydrogens is 269 g/mol. The highest BCUT2D eigenvalue weighted by Crippen LogP contribution is 2.37. The largest absolute Gasteiger partial charge is 0.418 e. The van der Waals surface area contributed by atoms with Crippen molar-refractivity contribution in [2.45, 2.75) is 12.6 Å². The maximum atomic E-state index is 13.0. The number of halogens is 3. The summed E-state index contributed by atoms with van der Waals surface area (Å²) in [4.78, 5) is 1.56. The highest BCUT2D eigenvalue weighted by atomic mass is 19.4. The minimum atomic E-state index is -4.43. The third-order valence-corrected chi connectivity index (χ3v) is 3.40. The van der Waals surface area contributed by atoms with Crippen LogP contribution in [0.3, 0.4) is 0 Å². The van der Waals surface area contributed by atoms with Gasteiger partial charge in [0.05, 0.1) is 29.5 Å². The lowest BCUT2D eigenvalue weighted by atomic mass is 10.1. The minimum Gasteiger partial charge on any atom is -0.381 e. The van der Waals surface area contributed by atoms with Gasteiger partial charge in [0.15, 0.2) is 0 Å². The quantitative estimate of drug-likeness (QED) is 0.856. The van der Waals surface area contributed by atoms with Crippen LogP contribution < -0.4 is 4.90 Å². The van der Waals surface area contributed by atoms with Crippen molar-refractivity contribution in [2.75, 3.05) is 31.7 Å². The normalized spacial score (nSPS) is 18.9. The second-order valence-corrected chi connectivity index (χ2v) is 4.95. The molecule has 0 bridgehead atoms. The van der Waals surface area contributed by atoms with Crippen LogP contribution in [0.4, 0.5) is 18.9 Å². The molecule has 0 aliphatic carbocycles. The first-order valence-electron chi connectivity index (χ1n) is 6.32. The fourth-order valence-corrected chi connectivity index (χ4v) is 2.37. The Balaban J connectivity index is 2.29. The molecule has 1 aromatic carbocycles. The second-order valence-electron chi connectivity index (χ2n) is 4.95. The summed E-state index contributed by atoms with van der Waals surface area (Å²) >= 11 is 0. The van der Waals surface area contributed by atoms with Gasteiger partial charge in [-0.1, -0.05) is 0 Å². The molecule has 0 spiro atoms. The summed E-state index contributed by atoms with van der Waals surface area (Å²) in [5, 5.41) is 8.85. The molecular formula is C14H15F3N2O. The monoisotopic (exact) mass is 284 g/mol. The average molecular weight is 284 g/mol. The molecule has 1 unspecified atom stereocenters. The van der Waals surface area contributed by atoms with Crippen LogP contribution in [0, 0.1) is 17.2 Å². The number of alkyl halides is 3.